The smallest absolute Gasteiger partial charge is 0.336 e. The molecule has 0 saturated carbocycles. The van der Waals surface area contributed by atoms with Crippen molar-refractivity contribution in [2.45, 2.75) is 117 Å². The molecule has 1 heterocycles. The monoisotopic (exact) mass is 700 g/mol. The van der Waals surface area contributed by atoms with E-state index < -0.39 is 5.63 Å². The Bertz CT molecular complexity index is 1360. The van der Waals surface area contributed by atoms with Gasteiger partial charge in [-0.15, -0.1) is 23.2 Å². The summed E-state index contributed by atoms with van der Waals surface area (Å²) in [6.45, 7) is 8.04. The van der Waals surface area contributed by atoms with Gasteiger partial charge in [0.15, 0.2) is 0 Å². The van der Waals surface area contributed by atoms with Crippen molar-refractivity contribution in [3.63, 3.8) is 0 Å². The van der Waals surface area contributed by atoms with E-state index in [0.717, 1.165) is 67.8 Å². The highest BCUT2D eigenvalue weighted by atomic mass is 35.5. The van der Waals surface area contributed by atoms with Gasteiger partial charge >= 0.3 is 11.6 Å². The number of anilines is 2. The fraction of sp³-hybridized carbons (Fsp3) is 0.600. The number of aryl methyl sites for hydroxylation is 1. The Balaban J connectivity index is 1.57. The van der Waals surface area contributed by atoms with Crippen LogP contribution >= 0.6 is 23.2 Å². The van der Waals surface area contributed by atoms with Crippen LogP contribution in [-0.2, 0) is 22.6 Å². The van der Waals surface area contributed by atoms with Gasteiger partial charge in [0.25, 0.3) is 0 Å². The summed E-state index contributed by atoms with van der Waals surface area (Å²) in [5.41, 5.74) is 4.13. The molecule has 8 heteroatoms. The quantitative estimate of drug-likeness (QED) is 0.0359. The summed E-state index contributed by atoms with van der Waals surface area (Å²) in [4.78, 5) is 29.8. The second-order valence-electron chi connectivity index (χ2n) is 12.8. The highest BCUT2D eigenvalue weighted by Crippen LogP contribution is 2.26. The molecule has 0 saturated heterocycles. The number of esters is 1. The molecule has 0 spiro atoms. The Labute approximate surface area is 299 Å². The molecule has 6 nitrogen and oxygen atoms in total. The SMILES string of the molecule is CCCCCCCCN(CCCCCCCC)c1ccc2c(COC(=O)CCCc3ccc(N(CCCl)CCCl)cc3)cc(=O)oc2c1. The Morgan fingerprint density at radius 3 is 1.85 bits per heavy atom. The number of alkyl halides is 2. The lowest BCUT2D eigenvalue weighted by atomic mass is 10.1. The fourth-order valence-electron chi connectivity index (χ4n) is 6.19. The zero-order chi connectivity index (χ0) is 34.4. The zero-order valence-electron chi connectivity index (χ0n) is 29.5. The minimum atomic E-state index is -0.428. The molecule has 0 amide bonds. The first-order valence-corrected chi connectivity index (χ1v) is 19.5. The number of hydrogen-bond donors (Lipinski definition) is 0. The van der Waals surface area contributed by atoms with Gasteiger partial charge in [0, 0.05) is 78.8 Å². The van der Waals surface area contributed by atoms with Crippen LogP contribution in [0.25, 0.3) is 11.0 Å². The maximum atomic E-state index is 12.7. The summed E-state index contributed by atoms with van der Waals surface area (Å²) < 4.78 is 11.3. The van der Waals surface area contributed by atoms with Crippen molar-refractivity contribution in [2.75, 3.05) is 47.7 Å². The maximum Gasteiger partial charge on any atom is 0.336 e. The average molecular weight is 702 g/mol. The van der Waals surface area contributed by atoms with Gasteiger partial charge in [0.05, 0.1) is 0 Å². The van der Waals surface area contributed by atoms with Crippen LogP contribution in [-0.4, -0.2) is 43.9 Å². The molecular weight excluding hydrogens is 643 g/mol. The van der Waals surface area contributed by atoms with Crippen molar-refractivity contribution in [2.24, 2.45) is 0 Å². The number of carbonyl (C=O) groups is 1. The van der Waals surface area contributed by atoms with Crippen LogP contribution in [0.1, 0.15) is 115 Å². The summed E-state index contributed by atoms with van der Waals surface area (Å²) in [7, 11) is 0. The summed E-state index contributed by atoms with van der Waals surface area (Å²) in [6, 6.07) is 15.9. The lowest BCUT2D eigenvalue weighted by molar-refractivity contribution is -0.145. The Morgan fingerprint density at radius 2 is 1.25 bits per heavy atom. The summed E-state index contributed by atoms with van der Waals surface area (Å²) >= 11 is 11.9. The van der Waals surface area contributed by atoms with Crippen molar-refractivity contribution >= 4 is 51.5 Å². The highest BCUT2D eigenvalue weighted by molar-refractivity contribution is 6.18. The van der Waals surface area contributed by atoms with Gasteiger partial charge in [-0.25, -0.2) is 4.79 Å². The third-order valence-electron chi connectivity index (χ3n) is 8.99. The lowest BCUT2D eigenvalue weighted by Crippen LogP contribution is -2.27. The number of rotatable bonds is 26. The van der Waals surface area contributed by atoms with Crippen LogP contribution in [0.5, 0.6) is 0 Å². The molecule has 48 heavy (non-hydrogen) atoms. The van der Waals surface area contributed by atoms with Crippen molar-refractivity contribution < 1.29 is 13.9 Å². The molecule has 3 rings (SSSR count). The van der Waals surface area contributed by atoms with Gasteiger partial charge in [-0.05, 0) is 55.5 Å². The van der Waals surface area contributed by atoms with Crippen LogP contribution in [0, 0.1) is 0 Å². The average Bonchev–Trinajstić information content (AvgIpc) is 3.09. The number of halogens is 2. The molecule has 1 aromatic heterocycles. The second-order valence-corrected chi connectivity index (χ2v) is 13.6. The van der Waals surface area contributed by atoms with Gasteiger partial charge < -0.3 is 19.0 Å². The standard InChI is InChI=1S/C40H58Cl2N2O4/c1-3-5-7-9-11-13-26-43(27-14-12-10-8-6-4-2)36-22-23-37-34(30-40(46)48-38(37)31-36)32-47-39(45)17-15-16-33-18-20-35(21-19-33)44(28-24-41)29-25-42/h18-23,30-31H,3-17,24-29,32H2,1-2H3. The van der Waals surface area contributed by atoms with Crippen molar-refractivity contribution in [3.05, 3.63) is 70.1 Å². The van der Waals surface area contributed by atoms with E-state index in [4.69, 9.17) is 32.4 Å². The van der Waals surface area contributed by atoms with E-state index >= 15 is 0 Å². The van der Waals surface area contributed by atoms with Crippen LogP contribution in [0.3, 0.4) is 0 Å². The van der Waals surface area contributed by atoms with Gasteiger partial charge in [0.1, 0.15) is 12.2 Å². The van der Waals surface area contributed by atoms with Gasteiger partial charge in [-0.2, -0.15) is 0 Å². The summed E-state index contributed by atoms with van der Waals surface area (Å²) in [6.07, 6.45) is 16.9. The normalized spacial score (nSPS) is 11.2. The number of benzene rings is 2. The van der Waals surface area contributed by atoms with Crippen molar-refractivity contribution in [3.8, 4) is 0 Å². The molecular formula is C40H58Cl2N2O4. The Morgan fingerprint density at radius 1 is 0.688 bits per heavy atom. The van der Waals surface area contributed by atoms with E-state index in [1.54, 1.807) is 0 Å². The topological polar surface area (TPSA) is 63.0 Å². The summed E-state index contributed by atoms with van der Waals surface area (Å²) in [5, 5.41) is 0.808. The molecule has 0 aliphatic rings. The van der Waals surface area contributed by atoms with Crippen LogP contribution in [0.4, 0.5) is 11.4 Å². The molecule has 0 aliphatic carbocycles. The zero-order valence-corrected chi connectivity index (χ0v) is 31.0. The molecule has 266 valence electrons. The van der Waals surface area contributed by atoms with Crippen LogP contribution < -0.4 is 15.4 Å². The fourth-order valence-corrected chi connectivity index (χ4v) is 6.59. The predicted octanol–water partition coefficient (Wildman–Crippen LogP) is 10.7. The molecule has 0 N–H and O–H groups in total. The number of nitrogens with zero attached hydrogens (tertiary/aromatic N) is 2. The molecule has 0 fully saturated rings. The number of fused-ring (bicyclic) bond motifs is 1. The number of carbonyl (C=O) groups excluding carboxylic acids is 1. The van der Waals surface area contributed by atoms with Crippen molar-refractivity contribution in [1.29, 1.82) is 0 Å². The van der Waals surface area contributed by atoms with Crippen LogP contribution in [0.2, 0.25) is 0 Å². The maximum absolute atomic E-state index is 12.7. The van der Waals surface area contributed by atoms with Crippen LogP contribution in [0.15, 0.2) is 57.7 Å². The molecule has 3 aromatic rings. The van der Waals surface area contributed by atoms with E-state index in [0.29, 0.717) is 35.7 Å². The molecule has 0 radical (unpaired) electrons. The Hall–Kier alpha value is -2.70. The molecule has 2 aromatic carbocycles. The molecule has 0 atom stereocenters. The van der Waals surface area contributed by atoms with E-state index in [-0.39, 0.29) is 12.6 Å². The largest absolute Gasteiger partial charge is 0.461 e. The third kappa shape index (κ3) is 14.4. The second kappa shape index (κ2) is 23.6. The summed E-state index contributed by atoms with van der Waals surface area (Å²) in [5.74, 6) is 0.815. The van der Waals surface area contributed by atoms with Gasteiger partial charge in [-0.1, -0.05) is 90.2 Å². The minimum absolute atomic E-state index is 0.0468. The van der Waals surface area contributed by atoms with E-state index in [9.17, 15) is 9.59 Å². The number of hydrogen-bond acceptors (Lipinski definition) is 6. The van der Waals surface area contributed by atoms with Gasteiger partial charge in [-0.3, -0.25) is 4.79 Å². The first kappa shape index (κ1) is 39.7. The van der Waals surface area contributed by atoms with E-state index in [1.165, 1.54) is 70.3 Å². The molecule has 0 unspecified atom stereocenters. The minimum Gasteiger partial charge on any atom is -0.461 e. The number of unbranched alkanes of at least 4 members (excludes halogenated alkanes) is 10. The molecule has 0 bridgehead atoms. The first-order valence-electron chi connectivity index (χ1n) is 18.4. The van der Waals surface area contributed by atoms with E-state index in [1.807, 2.05) is 12.1 Å². The van der Waals surface area contributed by atoms with Gasteiger partial charge in [0.2, 0.25) is 0 Å². The Kier molecular flexibility index (Phi) is 19.6. The number of ether oxygens (including phenoxy) is 1. The molecule has 0 aliphatic heterocycles. The third-order valence-corrected chi connectivity index (χ3v) is 9.33. The van der Waals surface area contributed by atoms with E-state index in [2.05, 4.69) is 54.0 Å². The predicted molar refractivity (Wildman–Crippen MR) is 204 cm³/mol. The van der Waals surface area contributed by atoms with Crippen molar-refractivity contribution in [1.82, 2.24) is 0 Å². The highest BCUT2D eigenvalue weighted by Gasteiger charge is 2.13. The first-order chi connectivity index (χ1) is 23.5. The lowest BCUT2D eigenvalue weighted by Gasteiger charge is -2.25.